The lowest BCUT2D eigenvalue weighted by atomic mass is 10.1. The molecule has 0 aromatic heterocycles. The largest absolute Gasteiger partial charge is 0.478 e. The summed E-state index contributed by atoms with van der Waals surface area (Å²) in [5, 5.41) is 12.3. The van der Waals surface area contributed by atoms with E-state index in [1.807, 2.05) is 0 Å². The van der Waals surface area contributed by atoms with E-state index >= 15 is 0 Å². The van der Waals surface area contributed by atoms with Crippen molar-refractivity contribution in [3.8, 4) is 0 Å². The number of carboxylic acids is 1. The zero-order valence-electron chi connectivity index (χ0n) is 13.8. The molecule has 6 nitrogen and oxygen atoms in total. The van der Waals surface area contributed by atoms with Gasteiger partial charge in [-0.05, 0) is 31.7 Å². The summed E-state index contributed by atoms with van der Waals surface area (Å²) in [6.45, 7) is 2.91. The Kier molecular flexibility index (Phi) is 8.05. The van der Waals surface area contributed by atoms with Crippen molar-refractivity contribution < 1.29 is 18.3 Å². The highest BCUT2D eigenvalue weighted by Crippen LogP contribution is 2.21. The van der Waals surface area contributed by atoms with Gasteiger partial charge in [-0.1, -0.05) is 39.0 Å². The molecule has 1 aromatic rings. The number of carbonyl (C=O) groups is 1. The molecule has 0 spiro atoms. The standard InChI is InChI=1S/C16H26N2O4S/c1-3-4-5-6-7-8-11-18-13-9-10-14(16(19)20)15(12-13)23(21,22)17-2/h9-10,12,17-18H,3-8,11H2,1-2H3,(H,19,20). The van der Waals surface area contributed by atoms with Crippen LogP contribution < -0.4 is 10.0 Å². The van der Waals surface area contributed by atoms with Crippen LogP contribution in [0.15, 0.2) is 23.1 Å². The summed E-state index contributed by atoms with van der Waals surface area (Å²) in [6, 6.07) is 4.28. The molecule has 0 saturated heterocycles. The van der Waals surface area contributed by atoms with Gasteiger partial charge in [-0.2, -0.15) is 0 Å². The van der Waals surface area contributed by atoms with Crippen molar-refractivity contribution in [1.82, 2.24) is 4.72 Å². The number of unbranched alkanes of at least 4 members (excludes halogenated alkanes) is 5. The number of hydrogen-bond acceptors (Lipinski definition) is 4. The van der Waals surface area contributed by atoms with E-state index in [0.29, 0.717) is 5.69 Å². The summed E-state index contributed by atoms with van der Waals surface area (Å²) in [4.78, 5) is 10.9. The van der Waals surface area contributed by atoms with Crippen molar-refractivity contribution in [3.05, 3.63) is 23.8 Å². The lowest BCUT2D eigenvalue weighted by Gasteiger charge is -2.11. The molecule has 0 bridgehead atoms. The minimum atomic E-state index is -3.81. The smallest absolute Gasteiger partial charge is 0.337 e. The van der Waals surface area contributed by atoms with Gasteiger partial charge in [0, 0.05) is 12.2 Å². The minimum Gasteiger partial charge on any atom is -0.478 e. The summed E-state index contributed by atoms with van der Waals surface area (Å²) in [6.07, 6.45) is 7.05. The number of rotatable bonds is 11. The number of sulfonamides is 1. The summed E-state index contributed by atoms with van der Waals surface area (Å²) in [5.41, 5.74) is 0.377. The molecule has 0 aliphatic rings. The Hall–Kier alpha value is -1.60. The second-order valence-electron chi connectivity index (χ2n) is 5.42. The van der Waals surface area contributed by atoms with Crippen LogP contribution in [0.1, 0.15) is 55.8 Å². The van der Waals surface area contributed by atoms with Crippen LogP contribution in [0.5, 0.6) is 0 Å². The molecule has 0 radical (unpaired) electrons. The number of anilines is 1. The van der Waals surface area contributed by atoms with E-state index in [2.05, 4.69) is 17.0 Å². The van der Waals surface area contributed by atoms with Crippen LogP contribution in [-0.4, -0.2) is 33.1 Å². The van der Waals surface area contributed by atoms with Crippen molar-refractivity contribution >= 4 is 21.7 Å². The number of carboxylic acid groups (broad SMARTS) is 1. The maximum atomic E-state index is 12.0. The molecule has 0 unspecified atom stereocenters. The molecule has 7 heteroatoms. The summed E-state index contributed by atoms with van der Waals surface area (Å²) >= 11 is 0. The van der Waals surface area contributed by atoms with Crippen LogP contribution in [0.2, 0.25) is 0 Å². The topological polar surface area (TPSA) is 95.5 Å². The predicted molar refractivity (Wildman–Crippen MR) is 91.5 cm³/mol. The highest BCUT2D eigenvalue weighted by Gasteiger charge is 2.21. The number of aromatic carboxylic acids is 1. The van der Waals surface area contributed by atoms with Crippen LogP contribution in [0, 0.1) is 0 Å². The zero-order chi connectivity index (χ0) is 17.3. The summed E-state index contributed by atoms with van der Waals surface area (Å²) in [5.74, 6) is -1.26. The van der Waals surface area contributed by atoms with E-state index in [1.165, 1.54) is 44.9 Å². The molecule has 3 N–H and O–H groups in total. The quantitative estimate of drug-likeness (QED) is 0.537. The Bertz CT molecular complexity index is 615. The van der Waals surface area contributed by atoms with E-state index < -0.39 is 16.0 Å². The van der Waals surface area contributed by atoms with Gasteiger partial charge in [0.05, 0.1) is 10.5 Å². The van der Waals surface area contributed by atoms with E-state index in [4.69, 9.17) is 5.11 Å². The molecule has 1 aromatic carbocycles. The molecule has 0 fully saturated rings. The number of nitrogens with one attached hydrogen (secondary N) is 2. The van der Waals surface area contributed by atoms with Gasteiger partial charge in [0.1, 0.15) is 0 Å². The van der Waals surface area contributed by atoms with Crippen LogP contribution >= 0.6 is 0 Å². The molecule has 0 aliphatic heterocycles. The van der Waals surface area contributed by atoms with Gasteiger partial charge in [-0.25, -0.2) is 17.9 Å². The normalized spacial score (nSPS) is 11.4. The predicted octanol–water partition coefficient (Wildman–Crippen LogP) is 3.07. The first-order valence-electron chi connectivity index (χ1n) is 7.97. The Labute approximate surface area is 138 Å². The Morgan fingerprint density at radius 2 is 1.78 bits per heavy atom. The van der Waals surface area contributed by atoms with E-state index in [-0.39, 0.29) is 10.5 Å². The van der Waals surface area contributed by atoms with Crippen LogP contribution in [-0.2, 0) is 10.0 Å². The zero-order valence-corrected chi connectivity index (χ0v) is 14.6. The van der Waals surface area contributed by atoms with Crippen LogP contribution in [0.25, 0.3) is 0 Å². The fraction of sp³-hybridized carbons (Fsp3) is 0.562. The minimum absolute atomic E-state index is 0.222. The first kappa shape index (κ1) is 19.4. The van der Waals surface area contributed by atoms with Crippen molar-refractivity contribution in [2.24, 2.45) is 0 Å². The third-order valence-corrected chi connectivity index (χ3v) is 5.08. The van der Waals surface area contributed by atoms with E-state index in [9.17, 15) is 13.2 Å². The molecule has 130 valence electrons. The first-order valence-corrected chi connectivity index (χ1v) is 9.45. The van der Waals surface area contributed by atoms with Gasteiger partial charge in [0.25, 0.3) is 0 Å². The lowest BCUT2D eigenvalue weighted by molar-refractivity contribution is 0.0692. The SMILES string of the molecule is CCCCCCCCNc1ccc(C(=O)O)c(S(=O)(=O)NC)c1. The van der Waals surface area contributed by atoms with Crippen LogP contribution in [0.4, 0.5) is 5.69 Å². The monoisotopic (exact) mass is 342 g/mol. The maximum Gasteiger partial charge on any atom is 0.337 e. The van der Waals surface area contributed by atoms with Gasteiger partial charge in [0.2, 0.25) is 10.0 Å². The highest BCUT2D eigenvalue weighted by atomic mass is 32.2. The maximum absolute atomic E-state index is 12.0. The Morgan fingerprint density at radius 3 is 2.39 bits per heavy atom. The van der Waals surface area contributed by atoms with Gasteiger partial charge in [0.15, 0.2) is 0 Å². The number of hydrogen-bond donors (Lipinski definition) is 3. The van der Waals surface area contributed by atoms with Gasteiger partial charge < -0.3 is 10.4 Å². The lowest BCUT2D eigenvalue weighted by Crippen LogP contribution is -2.21. The molecule has 0 aliphatic carbocycles. The molecule has 23 heavy (non-hydrogen) atoms. The third-order valence-electron chi connectivity index (χ3n) is 3.63. The fourth-order valence-electron chi connectivity index (χ4n) is 2.28. The molecule has 0 amide bonds. The molecular formula is C16H26N2O4S. The molecule has 0 saturated carbocycles. The second kappa shape index (κ2) is 9.52. The first-order chi connectivity index (χ1) is 10.9. The van der Waals surface area contributed by atoms with E-state index in [0.717, 1.165) is 19.4 Å². The molecule has 0 atom stereocenters. The van der Waals surface area contributed by atoms with E-state index in [1.54, 1.807) is 6.07 Å². The third kappa shape index (κ3) is 6.19. The second-order valence-corrected chi connectivity index (χ2v) is 7.27. The van der Waals surface area contributed by atoms with Crippen molar-refractivity contribution in [2.75, 3.05) is 18.9 Å². The van der Waals surface area contributed by atoms with Crippen molar-refractivity contribution in [1.29, 1.82) is 0 Å². The van der Waals surface area contributed by atoms with Crippen molar-refractivity contribution in [2.45, 2.75) is 50.3 Å². The highest BCUT2D eigenvalue weighted by molar-refractivity contribution is 7.89. The van der Waals surface area contributed by atoms with Gasteiger partial charge >= 0.3 is 5.97 Å². The van der Waals surface area contributed by atoms with Crippen molar-refractivity contribution in [3.63, 3.8) is 0 Å². The Morgan fingerprint density at radius 1 is 1.13 bits per heavy atom. The Balaban J connectivity index is 2.68. The summed E-state index contributed by atoms with van der Waals surface area (Å²) in [7, 11) is -2.55. The van der Waals surface area contributed by atoms with Gasteiger partial charge in [-0.3, -0.25) is 0 Å². The van der Waals surface area contributed by atoms with Gasteiger partial charge in [-0.15, -0.1) is 0 Å². The average molecular weight is 342 g/mol. The number of benzene rings is 1. The molecule has 1 rings (SSSR count). The molecular weight excluding hydrogens is 316 g/mol. The molecule has 0 heterocycles. The fourth-order valence-corrected chi connectivity index (χ4v) is 3.23. The summed E-state index contributed by atoms with van der Waals surface area (Å²) < 4.78 is 26.1. The van der Waals surface area contributed by atoms with Crippen LogP contribution in [0.3, 0.4) is 0 Å². The average Bonchev–Trinajstić information content (AvgIpc) is 2.53.